The van der Waals surface area contributed by atoms with Gasteiger partial charge in [-0.3, -0.25) is 14.9 Å². The molecule has 0 atom stereocenters. The van der Waals surface area contributed by atoms with E-state index in [1.54, 1.807) is 0 Å². The number of H-pyrrole nitrogens is 1. The van der Waals surface area contributed by atoms with Crippen LogP contribution in [0.4, 0.5) is 14.5 Å². The Bertz CT molecular complexity index is 388. The fourth-order valence-corrected chi connectivity index (χ4v) is 0.750. The lowest BCUT2D eigenvalue weighted by atomic mass is 10.3. The minimum absolute atomic E-state index is 0.559. The van der Waals surface area contributed by atoms with E-state index < -0.39 is 28.2 Å². The molecule has 0 aromatic carbocycles. The lowest BCUT2D eigenvalue weighted by molar-refractivity contribution is -0.386. The zero-order valence-electron chi connectivity index (χ0n) is 6.16. The summed E-state index contributed by atoms with van der Waals surface area (Å²) in [5, 5.41) is 10.1. The normalized spacial score (nSPS) is 10.4. The molecule has 0 saturated heterocycles. The molecule has 1 rings (SSSR count). The molecular formula is C6H4F2N2O3. The van der Waals surface area contributed by atoms with E-state index in [4.69, 9.17) is 0 Å². The molecule has 0 saturated carbocycles. The number of nitrogens with zero attached hydrogens (tertiary/aromatic N) is 1. The first-order chi connectivity index (χ1) is 6.02. The first-order valence-corrected chi connectivity index (χ1v) is 3.17. The third kappa shape index (κ3) is 1.86. The Hall–Kier alpha value is -1.79. The average Bonchev–Trinajstić information content (AvgIpc) is 2.04. The predicted octanol–water partition coefficient (Wildman–Crippen LogP) is 1.22. The van der Waals surface area contributed by atoms with Crippen LogP contribution in [0.25, 0.3) is 0 Å². The number of nitro groups is 1. The molecule has 13 heavy (non-hydrogen) atoms. The van der Waals surface area contributed by atoms with Crippen molar-refractivity contribution in [3.05, 3.63) is 38.3 Å². The number of aromatic nitrogens is 1. The second kappa shape index (κ2) is 3.30. The van der Waals surface area contributed by atoms with E-state index in [-0.39, 0.29) is 0 Å². The molecule has 70 valence electrons. The van der Waals surface area contributed by atoms with Crippen molar-refractivity contribution in [1.82, 2.24) is 4.98 Å². The number of rotatable bonds is 2. The van der Waals surface area contributed by atoms with Gasteiger partial charge in [0, 0.05) is 17.8 Å². The quantitative estimate of drug-likeness (QED) is 0.562. The summed E-state index contributed by atoms with van der Waals surface area (Å²) in [5.41, 5.74) is -2.45. The molecule has 0 aliphatic rings. The van der Waals surface area contributed by atoms with Crippen molar-refractivity contribution < 1.29 is 13.7 Å². The standard InChI is InChI=1S/C6H4F2N2O3/c7-5(8)3-1-4(10(12)13)6(11)9-2-3/h1-2,5H,(H,9,11). The van der Waals surface area contributed by atoms with Crippen LogP contribution in [0.15, 0.2) is 17.1 Å². The molecule has 0 unspecified atom stereocenters. The van der Waals surface area contributed by atoms with E-state index in [2.05, 4.69) is 0 Å². The molecule has 0 spiro atoms. The van der Waals surface area contributed by atoms with E-state index in [0.717, 1.165) is 6.20 Å². The van der Waals surface area contributed by atoms with Crippen LogP contribution in [0.3, 0.4) is 0 Å². The molecule has 1 N–H and O–H groups in total. The zero-order valence-corrected chi connectivity index (χ0v) is 6.16. The van der Waals surface area contributed by atoms with Crippen LogP contribution < -0.4 is 5.56 Å². The Balaban J connectivity index is 3.27. The number of pyridine rings is 1. The van der Waals surface area contributed by atoms with Crippen LogP contribution in [-0.4, -0.2) is 9.91 Å². The molecule has 0 amide bonds. The maximum absolute atomic E-state index is 12.0. The molecule has 0 aliphatic heterocycles. The Morgan fingerprint density at radius 3 is 2.62 bits per heavy atom. The summed E-state index contributed by atoms with van der Waals surface area (Å²) in [6.07, 6.45) is -2.09. The number of aromatic amines is 1. The molecule has 5 nitrogen and oxygen atoms in total. The number of hydrogen-bond acceptors (Lipinski definition) is 3. The Labute approximate surface area is 70.2 Å². The first-order valence-electron chi connectivity index (χ1n) is 3.17. The third-order valence-electron chi connectivity index (χ3n) is 1.35. The van der Waals surface area contributed by atoms with E-state index in [1.807, 2.05) is 4.98 Å². The maximum atomic E-state index is 12.0. The second-order valence-corrected chi connectivity index (χ2v) is 2.21. The SMILES string of the molecule is O=c1[nH]cc(C(F)F)cc1[N+](=O)[O-]. The van der Waals surface area contributed by atoms with Crippen LogP contribution in [0.1, 0.15) is 12.0 Å². The van der Waals surface area contributed by atoms with Crippen LogP contribution in [-0.2, 0) is 0 Å². The number of nitrogens with one attached hydrogen (secondary N) is 1. The van der Waals surface area contributed by atoms with E-state index >= 15 is 0 Å². The number of halogens is 2. The summed E-state index contributed by atoms with van der Waals surface area (Å²) in [6.45, 7) is 0. The highest BCUT2D eigenvalue weighted by Crippen LogP contribution is 2.19. The smallest absolute Gasteiger partial charge is 0.323 e. The molecule has 1 aromatic rings. The van der Waals surface area contributed by atoms with Gasteiger partial charge in [0.1, 0.15) is 0 Å². The minimum atomic E-state index is -2.84. The topological polar surface area (TPSA) is 76.0 Å². The van der Waals surface area contributed by atoms with E-state index in [0.29, 0.717) is 6.07 Å². The summed E-state index contributed by atoms with van der Waals surface area (Å²) in [7, 11) is 0. The lowest BCUT2D eigenvalue weighted by Crippen LogP contribution is -2.11. The van der Waals surface area contributed by atoms with Crippen molar-refractivity contribution in [2.24, 2.45) is 0 Å². The van der Waals surface area contributed by atoms with Crippen molar-refractivity contribution in [2.75, 3.05) is 0 Å². The Kier molecular flexibility index (Phi) is 2.36. The number of hydrogen-bond donors (Lipinski definition) is 1. The van der Waals surface area contributed by atoms with Gasteiger partial charge in [-0.05, 0) is 0 Å². The number of alkyl halides is 2. The van der Waals surface area contributed by atoms with E-state index in [9.17, 15) is 23.7 Å². The highest BCUT2D eigenvalue weighted by atomic mass is 19.3. The summed E-state index contributed by atoms with van der Waals surface area (Å²) in [5.74, 6) is 0. The maximum Gasteiger partial charge on any atom is 0.334 e. The fraction of sp³-hybridized carbons (Fsp3) is 0.167. The summed E-state index contributed by atoms with van der Waals surface area (Å²) in [6, 6.07) is 0.559. The molecule has 1 heterocycles. The van der Waals surface area contributed by atoms with Gasteiger partial charge in [0.05, 0.1) is 4.92 Å². The van der Waals surface area contributed by atoms with Gasteiger partial charge in [-0.15, -0.1) is 0 Å². The molecule has 0 radical (unpaired) electrons. The van der Waals surface area contributed by atoms with Crippen LogP contribution in [0, 0.1) is 10.1 Å². The van der Waals surface area contributed by atoms with Gasteiger partial charge in [0.2, 0.25) is 0 Å². The van der Waals surface area contributed by atoms with E-state index in [1.165, 1.54) is 0 Å². The molecular weight excluding hydrogens is 186 g/mol. The van der Waals surface area contributed by atoms with Crippen molar-refractivity contribution >= 4 is 5.69 Å². The van der Waals surface area contributed by atoms with Gasteiger partial charge in [0.25, 0.3) is 6.43 Å². The van der Waals surface area contributed by atoms with Crippen LogP contribution in [0.5, 0.6) is 0 Å². The molecule has 0 bridgehead atoms. The molecule has 0 aliphatic carbocycles. The Morgan fingerprint density at radius 2 is 2.15 bits per heavy atom. The average molecular weight is 190 g/mol. The summed E-state index contributed by atoms with van der Waals surface area (Å²) < 4.78 is 24.0. The van der Waals surface area contributed by atoms with Gasteiger partial charge < -0.3 is 4.98 Å². The second-order valence-electron chi connectivity index (χ2n) is 2.21. The van der Waals surface area contributed by atoms with Crippen LogP contribution in [0.2, 0.25) is 0 Å². The monoisotopic (exact) mass is 190 g/mol. The summed E-state index contributed by atoms with van der Waals surface area (Å²) >= 11 is 0. The Morgan fingerprint density at radius 1 is 1.54 bits per heavy atom. The highest BCUT2D eigenvalue weighted by Gasteiger charge is 2.16. The van der Waals surface area contributed by atoms with Crippen molar-refractivity contribution in [2.45, 2.75) is 6.43 Å². The van der Waals surface area contributed by atoms with Crippen LogP contribution >= 0.6 is 0 Å². The third-order valence-corrected chi connectivity index (χ3v) is 1.35. The van der Waals surface area contributed by atoms with Crippen molar-refractivity contribution in [3.8, 4) is 0 Å². The molecule has 0 fully saturated rings. The lowest BCUT2D eigenvalue weighted by Gasteiger charge is -1.97. The van der Waals surface area contributed by atoms with Gasteiger partial charge >= 0.3 is 11.2 Å². The van der Waals surface area contributed by atoms with Gasteiger partial charge in [-0.25, -0.2) is 8.78 Å². The first kappa shape index (κ1) is 9.30. The summed E-state index contributed by atoms with van der Waals surface area (Å²) in [4.78, 5) is 21.7. The largest absolute Gasteiger partial charge is 0.334 e. The molecule has 7 heteroatoms. The van der Waals surface area contributed by atoms with Gasteiger partial charge in [0.15, 0.2) is 0 Å². The van der Waals surface area contributed by atoms with Gasteiger partial charge in [-0.1, -0.05) is 0 Å². The molecule has 1 aromatic heterocycles. The van der Waals surface area contributed by atoms with Crippen molar-refractivity contribution in [3.63, 3.8) is 0 Å². The van der Waals surface area contributed by atoms with Gasteiger partial charge in [-0.2, -0.15) is 0 Å². The predicted molar refractivity (Wildman–Crippen MR) is 38.7 cm³/mol. The highest BCUT2D eigenvalue weighted by molar-refractivity contribution is 5.30. The zero-order chi connectivity index (χ0) is 10.0. The minimum Gasteiger partial charge on any atom is -0.323 e. The fourth-order valence-electron chi connectivity index (χ4n) is 0.750. The van der Waals surface area contributed by atoms with Crippen molar-refractivity contribution in [1.29, 1.82) is 0 Å².